The Bertz CT molecular complexity index is 416. The predicted molar refractivity (Wildman–Crippen MR) is 79.3 cm³/mol. The van der Waals surface area contributed by atoms with Crippen molar-refractivity contribution >= 4 is 0 Å². The Morgan fingerprint density at radius 3 is 2.57 bits per heavy atom. The average molecular weight is 299 g/mol. The molecule has 21 heavy (non-hydrogen) atoms. The molecule has 1 aromatic carbocycles. The van der Waals surface area contributed by atoms with Gasteiger partial charge in [0.15, 0.2) is 0 Å². The number of halogens is 3. The molecule has 0 aromatic heterocycles. The molecule has 0 spiro atoms. The Morgan fingerprint density at radius 1 is 1.19 bits per heavy atom. The van der Waals surface area contributed by atoms with Crippen LogP contribution in [0.4, 0.5) is 13.2 Å². The quantitative estimate of drug-likeness (QED) is 0.816. The van der Waals surface area contributed by atoms with E-state index < -0.39 is 12.1 Å². The lowest BCUT2D eigenvalue weighted by molar-refractivity contribution is -0.183. The SMILES string of the molecule is CC(CCNC1CCCC(C(F)(F)F)C1)c1ccccc1. The van der Waals surface area contributed by atoms with Crippen LogP contribution in [0.15, 0.2) is 30.3 Å². The lowest BCUT2D eigenvalue weighted by Crippen LogP contribution is -2.39. The van der Waals surface area contributed by atoms with E-state index in [0.717, 1.165) is 19.4 Å². The molecular formula is C17H24F3N. The standard InChI is InChI=1S/C17H24F3N/c1-13(14-6-3-2-4-7-14)10-11-21-16-9-5-8-15(12-16)17(18,19)20/h2-4,6-7,13,15-16,21H,5,8-12H2,1H3. The third kappa shape index (κ3) is 5.03. The molecule has 0 amide bonds. The van der Waals surface area contributed by atoms with Crippen LogP contribution in [0, 0.1) is 5.92 Å². The second-order valence-corrected chi connectivity index (χ2v) is 6.16. The van der Waals surface area contributed by atoms with Crippen LogP contribution in [0.2, 0.25) is 0 Å². The van der Waals surface area contributed by atoms with Gasteiger partial charge in [0.25, 0.3) is 0 Å². The first-order chi connectivity index (χ1) is 9.97. The van der Waals surface area contributed by atoms with E-state index in [1.807, 2.05) is 18.2 Å². The zero-order valence-corrected chi connectivity index (χ0v) is 12.5. The molecule has 1 saturated carbocycles. The van der Waals surface area contributed by atoms with Crippen molar-refractivity contribution in [2.75, 3.05) is 6.54 Å². The highest BCUT2D eigenvalue weighted by molar-refractivity contribution is 5.18. The van der Waals surface area contributed by atoms with E-state index in [2.05, 4.69) is 24.4 Å². The minimum Gasteiger partial charge on any atom is -0.314 e. The van der Waals surface area contributed by atoms with Crippen LogP contribution in [0.1, 0.15) is 50.5 Å². The largest absolute Gasteiger partial charge is 0.391 e. The molecule has 4 heteroatoms. The van der Waals surface area contributed by atoms with Crippen molar-refractivity contribution in [3.63, 3.8) is 0 Å². The second kappa shape index (κ2) is 7.30. The molecule has 2 rings (SSSR count). The van der Waals surface area contributed by atoms with Crippen molar-refractivity contribution in [2.24, 2.45) is 5.92 Å². The first-order valence-corrected chi connectivity index (χ1v) is 7.82. The van der Waals surface area contributed by atoms with Gasteiger partial charge in [-0.25, -0.2) is 0 Å². The summed E-state index contributed by atoms with van der Waals surface area (Å²) < 4.78 is 38.3. The van der Waals surface area contributed by atoms with Gasteiger partial charge < -0.3 is 5.32 Å². The topological polar surface area (TPSA) is 12.0 Å². The summed E-state index contributed by atoms with van der Waals surface area (Å²) in [6, 6.07) is 10.3. The Morgan fingerprint density at radius 2 is 1.90 bits per heavy atom. The summed E-state index contributed by atoms with van der Waals surface area (Å²) in [5.74, 6) is -0.684. The molecule has 3 unspecified atom stereocenters. The lowest BCUT2D eigenvalue weighted by atomic mass is 9.85. The zero-order chi connectivity index (χ0) is 15.3. The molecule has 1 N–H and O–H groups in total. The highest BCUT2D eigenvalue weighted by Gasteiger charge is 2.41. The number of alkyl halides is 3. The molecule has 1 fully saturated rings. The van der Waals surface area contributed by atoms with Gasteiger partial charge >= 0.3 is 6.18 Å². The molecule has 0 saturated heterocycles. The molecular weight excluding hydrogens is 275 g/mol. The fourth-order valence-electron chi connectivity index (χ4n) is 3.12. The van der Waals surface area contributed by atoms with Gasteiger partial charge in [-0.1, -0.05) is 43.7 Å². The highest BCUT2D eigenvalue weighted by atomic mass is 19.4. The summed E-state index contributed by atoms with van der Waals surface area (Å²) in [4.78, 5) is 0. The normalized spacial score (nSPS) is 24.8. The van der Waals surface area contributed by atoms with E-state index in [9.17, 15) is 13.2 Å². The molecule has 3 atom stereocenters. The molecule has 0 radical (unpaired) electrons. The van der Waals surface area contributed by atoms with Gasteiger partial charge in [0.2, 0.25) is 0 Å². The molecule has 0 aliphatic heterocycles. The number of hydrogen-bond donors (Lipinski definition) is 1. The third-order valence-electron chi connectivity index (χ3n) is 4.52. The van der Waals surface area contributed by atoms with Crippen molar-refractivity contribution < 1.29 is 13.2 Å². The van der Waals surface area contributed by atoms with Crippen molar-refractivity contribution in [3.05, 3.63) is 35.9 Å². The monoisotopic (exact) mass is 299 g/mol. The summed E-state index contributed by atoms with van der Waals surface area (Å²) in [6.07, 6.45) is -0.997. The van der Waals surface area contributed by atoms with Gasteiger partial charge in [0.1, 0.15) is 0 Å². The predicted octanol–water partition coefficient (Wildman–Crippen LogP) is 4.89. The van der Waals surface area contributed by atoms with E-state index in [1.165, 1.54) is 5.56 Å². The van der Waals surface area contributed by atoms with E-state index in [4.69, 9.17) is 0 Å². The Labute approximate surface area is 124 Å². The maximum absolute atomic E-state index is 12.8. The smallest absolute Gasteiger partial charge is 0.314 e. The Balaban J connectivity index is 1.73. The van der Waals surface area contributed by atoms with Gasteiger partial charge in [-0.05, 0) is 43.7 Å². The number of hydrogen-bond acceptors (Lipinski definition) is 1. The fraction of sp³-hybridized carbons (Fsp3) is 0.647. The van der Waals surface area contributed by atoms with E-state index in [-0.39, 0.29) is 12.5 Å². The molecule has 1 aliphatic rings. The van der Waals surface area contributed by atoms with Crippen LogP contribution < -0.4 is 5.32 Å². The van der Waals surface area contributed by atoms with Crippen molar-refractivity contribution in [1.29, 1.82) is 0 Å². The van der Waals surface area contributed by atoms with Gasteiger partial charge in [0.05, 0.1) is 5.92 Å². The summed E-state index contributed by atoms with van der Waals surface area (Å²) in [5.41, 5.74) is 1.29. The minimum absolute atomic E-state index is 0.0216. The van der Waals surface area contributed by atoms with Crippen LogP contribution in [-0.4, -0.2) is 18.8 Å². The van der Waals surface area contributed by atoms with E-state index >= 15 is 0 Å². The molecule has 118 valence electrons. The van der Waals surface area contributed by atoms with Gasteiger partial charge in [-0.15, -0.1) is 0 Å². The Hall–Kier alpha value is -1.03. The average Bonchev–Trinajstić information content (AvgIpc) is 2.47. The lowest BCUT2D eigenvalue weighted by Gasteiger charge is -2.31. The van der Waals surface area contributed by atoms with Crippen LogP contribution in [0.3, 0.4) is 0 Å². The maximum Gasteiger partial charge on any atom is 0.391 e. The molecule has 1 aromatic rings. The Kier molecular flexibility index (Phi) is 5.68. The van der Waals surface area contributed by atoms with Crippen molar-refractivity contribution in [2.45, 2.75) is 57.2 Å². The molecule has 1 nitrogen and oxygen atoms in total. The van der Waals surface area contributed by atoms with Crippen LogP contribution in [0.25, 0.3) is 0 Å². The highest BCUT2D eigenvalue weighted by Crippen LogP contribution is 2.37. The van der Waals surface area contributed by atoms with Crippen LogP contribution >= 0.6 is 0 Å². The van der Waals surface area contributed by atoms with Crippen molar-refractivity contribution in [3.8, 4) is 0 Å². The van der Waals surface area contributed by atoms with Gasteiger partial charge in [-0.3, -0.25) is 0 Å². The summed E-state index contributed by atoms with van der Waals surface area (Å²) in [5, 5.41) is 3.32. The van der Waals surface area contributed by atoms with Gasteiger partial charge in [0, 0.05) is 6.04 Å². The van der Waals surface area contributed by atoms with E-state index in [0.29, 0.717) is 18.8 Å². The molecule has 0 heterocycles. The van der Waals surface area contributed by atoms with Crippen LogP contribution in [-0.2, 0) is 0 Å². The number of benzene rings is 1. The summed E-state index contributed by atoms with van der Waals surface area (Å²) in [7, 11) is 0. The maximum atomic E-state index is 12.8. The summed E-state index contributed by atoms with van der Waals surface area (Å²) in [6.45, 7) is 2.95. The fourth-order valence-corrected chi connectivity index (χ4v) is 3.12. The van der Waals surface area contributed by atoms with E-state index in [1.54, 1.807) is 0 Å². The first kappa shape index (κ1) is 16.3. The second-order valence-electron chi connectivity index (χ2n) is 6.16. The van der Waals surface area contributed by atoms with Crippen LogP contribution in [0.5, 0.6) is 0 Å². The molecule has 0 bridgehead atoms. The zero-order valence-electron chi connectivity index (χ0n) is 12.5. The minimum atomic E-state index is -4.03. The third-order valence-corrected chi connectivity index (χ3v) is 4.52. The number of nitrogens with one attached hydrogen (secondary N) is 1. The van der Waals surface area contributed by atoms with Gasteiger partial charge in [-0.2, -0.15) is 13.2 Å². The first-order valence-electron chi connectivity index (χ1n) is 7.82. The van der Waals surface area contributed by atoms with Crippen molar-refractivity contribution in [1.82, 2.24) is 5.32 Å². The molecule has 1 aliphatic carbocycles. The summed E-state index contributed by atoms with van der Waals surface area (Å²) >= 11 is 0. The number of rotatable bonds is 5.